The van der Waals surface area contributed by atoms with Gasteiger partial charge in [-0.1, -0.05) is 25.5 Å². The van der Waals surface area contributed by atoms with Crippen LogP contribution in [-0.4, -0.2) is 11.9 Å². The lowest BCUT2D eigenvalue weighted by Gasteiger charge is -2.57. The molecule has 3 saturated carbocycles. The van der Waals surface area contributed by atoms with Crippen LogP contribution in [0.4, 0.5) is 0 Å². The minimum Gasteiger partial charge on any atom is -0.361 e. The Morgan fingerprint density at radius 1 is 1.20 bits per heavy atom. The van der Waals surface area contributed by atoms with E-state index in [1.807, 2.05) is 13.0 Å². The van der Waals surface area contributed by atoms with Gasteiger partial charge < -0.3 is 4.84 Å². The Bertz CT molecular complexity index is 654. The fourth-order valence-electron chi connectivity index (χ4n) is 7.15. The zero-order valence-electron chi connectivity index (χ0n) is 15.5. The van der Waals surface area contributed by atoms with E-state index in [0.29, 0.717) is 23.7 Å². The van der Waals surface area contributed by atoms with E-state index in [4.69, 9.17) is 4.84 Å². The van der Waals surface area contributed by atoms with Gasteiger partial charge in [0.2, 0.25) is 0 Å². The third-order valence-electron chi connectivity index (χ3n) is 8.41. The highest BCUT2D eigenvalue weighted by Crippen LogP contribution is 2.66. The van der Waals surface area contributed by atoms with Crippen molar-refractivity contribution in [3.63, 3.8) is 0 Å². The van der Waals surface area contributed by atoms with Gasteiger partial charge in [0.25, 0.3) is 0 Å². The lowest BCUT2D eigenvalue weighted by molar-refractivity contribution is -0.111. The first-order valence-corrected chi connectivity index (χ1v) is 9.83. The fraction of sp³-hybridized carbons (Fsp3) is 0.762. The van der Waals surface area contributed by atoms with Crippen molar-refractivity contribution in [3.05, 3.63) is 28.7 Å². The lowest BCUT2D eigenvalue weighted by Crippen LogP contribution is -2.50. The molecule has 0 radical (unpaired) electrons. The zero-order chi connectivity index (χ0) is 17.8. The normalized spacial score (nSPS) is 46.5. The number of nitrogens with zero attached hydrogens (tertiary/aromatic N) is 1. The highest BCUT2D eigenvalue weighted by Gasteiger charge is 2.59. The monoisotopic (exact) mass is 343 g/mol. The Hall–Kier alpha value is -1.45. The van der Waals surface area contributed by atoms with E-state index >= 15 is 0 Å². The van der Waals surface area contributed by atoms with Gasteiger partial charge in [-0.05, 0) is 80.8 Å². The van der Waals surface area contributed by atoms with Gasteiger partial charge in [-0.3, -0.25) is 4.79 Å². The molecule has 0 aliphatic heterocycles. The van der Waals surface area contributed by atoms with Crippen molar-refractivity contribution in [3.8, 4) is 0 Å². The van der Waals surface area contributed by atoms with Crippen LogP contribution in [0.15, 0.2) is 29.1 Å². The summed E-state index contributed by atoms with van der Waals surface area (Å²) < 4.78 is 0. The highest BCUT2D eigenvalue weighted by molar-refractivity contribution is 6.01. The van der Waals surface area contributed by atoms with E-state index in [0.717, 1.165) is 12.8 Å². The number of ketones is 1. The number of hydrogen-bond acceptors (Lipinski definition) is 4. The smallest absolute Gasteiger partial charge is 0.178 e. The fourth-order valence-corrected chi connectivity index (χ4v) is 7.15. The van der Waals surface area contributed by atoms with Crippen LogP contribution in [0.2, 0.25) is 0 Å². The Morgan fingerprint density at radius 3 is 2.76 bits per heavy atom. The van der Waals surface area contributed by atoms with Gasteiger partial charge in [0, 0.05) is 11.3 Å². The van der Waals surface area contributed by atoms with E-state index in [2.05, 4.69) is 25.3 Å². The molecule has 1 unspecified atom stereocenters. The molecular weight excluding hydrogens is 314 g/mol. The number of allylic oxidation sites excluding steroid dienone is 4. The molecule has 4 aliphatic carbocycles. The molecule has 0 spiro atoms. The van der Waals surface area contributed by atoms with Gasteiger partial charge in [-0.15, -0.1) is 4.91 Å². The second kappa shape index (κ2) is 5.78. The maximum Gasteiger partial charge on any atom is 0.178 e. The average Bonchev–Trinajstić information content (AvgIpc) is 2.93. The summed E-state index contributed by atoms with van der Waals surface area (Å²) in [6.45, 7) is 6.77. The van der Waals surface area contributed by atoms with E-state index in [1.54, 1.807) is 6.08 Å². The van der Waals surface area contributed by atoms with Crippen LogP contribution < -0.4 is 0 Å². The van der Waals surface area contributed by atoms with Crippen molar-refractivity contribution in [1.82, 2.24) is 0 Å². The lowest BCUT2D eigenvalue weighted by atomic mass is 9.47. The molecule has 0 aromatic rings. The highest BCUT2D eigenvalue weighted by atomic mass is 16.7. The Labute approximate surface area is 150 Å². The summed E-state index contributed by atoms with van der Waals surface area (Å²) in [5.74, 6) is 2.61. The summed E-state index contributed by atoms with van der Waals surface area (Å²) in [6.07, 6.45) is 12.8. The Kier molecular flexibility index (Phi) is 3.93. The third-order valence-corrected chi connectivity index (χ3v) is 8.41. The third kappa shape index (κ3) is 2.36. The molecule has 4 rings (SSSR count). The minimum atomic E-state index is -0.0918. The van der Waals surface area contributed by atoms with Crippen molar-refractivity contribution in [2.45, 2.75) is 65.4 Å². The van der Waals surface area contributed by atoms with Crippen LogP contribution in [0.25, 0.3) is 0 Å². The maximum atomic E-state index is 11.8. The van der Waals surface area contributed by atoms with Crippen LogP contribution in [0, 0.1) is 39.4 Å². The van der Waals surface area contributed by atoms with E-state index in [1.165, 1.54) is 31.3 Å². The molecule has 4 aliphatic rings. The summed E-state index contributed by atoms with van der Waals surface area (Å²) in [6, 6.07) is 0. The van der Waals surface area contributed by atoms with Gasteiger partial charge >= 0.3 is 0 Å². The standard InChI is InChI=1S/C21H29NO3/c1-13(25-22-24)17-6-7-18-16-5-4-14-12-15(23)8-10-20(14,2)19(16)9-11-21(17,18)3/h8,10,12-13,16-19H,4-7,9,11H2,1-3H3/t13?,16-,17+,18-,19-,20-,21+/m0/s1. The summed E-state index contributed by atoms with van der Waals surface area (Å²) >= 11 is 0. The first kappa shape index (κ1) is 17.0. The summed E-state index contributed by atoms with van der Waals surface area (Å²) in [5.41, 5.74) is 1.65. The Balaban J connectivity index is 1.62. The molecule has 25 heavy (non-hydrogen) atoms. The zero-order valence-corrected chi connectivity index (χ0v) is 15.5. The Morgan fingerprint density at radius 2 is 2.00 bits per heavy atom. The molecule has 0 N–H and O–H groups in total. The first-order chi connectivity index (χ1) is 11.9. The molecular formula is C21H29NO3. The van der Waals surface area contributed by atoms with Gasteiger partial charge in [0.1, 0.15) is 6.10 Å². The molecule has 0 aromatic heterocycles. The molecule has 0 saturated heterocycles. The second-order valence-electron chi connectivity index (χ2n) is 9.22. The van der Waals surface area contributed by atoms with Gasteiger partial charge in [0.15, 0.2) is 11.1 Å². The molecule has 3 fully saturated rings. The molecule has 0 aromatic carbocycles. The summed E-state index contributed by atoms with van der Waals surface area (Å²) in [4.78, 5) is 27.5. The van der Waals surface area contributed by atoms with Crippen LogP contribution in [-0.2, 0) is 9.63 Å². The van der Waals surface area contributed by atoms with Crippen molar-refractivity contribution in [2.75, 3.05) is 0 Å². The molecule has 0 amide bonds. The van der Waals surface area contributed by atoms with Crippen LogP contribution >= 0.6 is 0 Å². The molecule has 4 nitrogen and oxygen atoms in total. The second-order valence-corrected chi connectivity index (χ2v) is 9.22. The molecule has 0 heterocycles. The van der Waals surface area contributed by atoms with Crippen LogP contribution in [0.1, 0.15) is 59.3 Å². The van der Waals surface area contributed by atoms with Crippen LogP contribution in [0.3, 0.4) is 0 Å². The number of carbonyl (C=O) groups is 1. The molecule has 4 heteroatoms. The molecule has 0 bridgehead atoms. The van der Waals surface area contributed by atoms with E-state index in [-0.39, 0.29) is 22.7 Å². The average molecular weight is 343 g/mol. The van der Waals surface area contributed by atoms with Crippen molar-refractivity contribution < 1.29 is 9.63 Å². The predicted octanol–water partition coefficient (Wildman–Crippen LogP) is 5.00. The van der Waals surface area contributed by atoms with Gasteiger partial charge in [-0.2, -0.15) is 0 Å². The predicted molar refractivity (Wildman–Crippen MR) is 96.4 cm³/mol. The number of rotatable bonds is 3. The largest absolute Gasteiger partial charge is 0.361 e. The van der Waals surface area contributed by atoms with E-state index in [9.17, 15) is 9.70 Å². The van der Waals surface area contributed by atoms with Crippen molar-refractivity contribution in [2.24, 2.45) is 39.8 Å². The maximum absolute atomic E-state index is 11.8. The summed E-state index contributed by atoms with van der Waals surface area (Å²) in [7, 11) is 0. The molecule has 7 atom stereocenters. The van der Waals surface area contributed by atoms with Gasteiger partial charge in [0.05, 0.1) is 0 Å². The van der Waals surface area contributed by atoms with Gasteiger partial charge in [-0.25, -0.2) is 0 Å². The number of fused-ring (bicyclic) bond motifs is 5. The van der Waals surface area contributed by atoms with E-state index < -0.39 is 0 Å². The minimum absolute atomic E-state index is 0.0582. The molecule has 136 valence electrons. The quantitative estimate of drug-likeness (QED) is 0.535. The summed E-state index contributed by atoms with van der Waals surface area (Å²) in [5, 5.41) is 2.70. The SMILES string of the molecule is CC(ON=O)[C@H]1CC[C@H]2[C@@H]3CCC4=CC(=O)C=C[C@]4(C)[C@H]3CC[C@]12C. The number of hydrogen-bond donors (Lipinski definition) is 0. The van der Waals surface area contributed by atoms with Crippen molar-refractivity contribution in [1.29, 1.82) is 0 Å². The topological polar surface area (TPSA) is 55.7 Å². The number of carbonyl (C=O) groups excluding carboxylic acids is 1. The van der Waals surface area contributed by atoms with Crippen LogP contribution in [0.5, 0.6) is 0 Å². The van der Waals surface area contributed by atoms with Crippen molar-refractivity contribution >= 4 is 5.78 Å². The first-order valence-electron chi connectivity index (χ1n) is 9.83.